The standard InChI is InChI=1S/C16H28N2O3/c1-3-7-16(14(19)20)8-11-17(12-9-16)15(21)18-10-5-6-13(18)4-2/h13H,3-12H2,1-2H3,(H,19,20). The van der Waals surface area contributed by atoms with Crippen molar-refractivity contribution in [3.8, 4) is 0 Å². The maximum Gasteiger partial charge on any atom is 0.320 e. The van der Waals surface area contributed by atoms with Crippen molar-refractivity contribution in [3.63, 3.8) is 0 Å². The molecular formula is C16H28N2O3. The van der Waals surface area contributed by atoms with Crippen LogP contribution in [0.25, 0.3) is 0 Å². The second kappa shape index (κ2) is 6.67. The lowest BCUT2D eigenvalue weighted by molar-refractivity contribution is -0.152. The number of aliphatic carboxylic acids is 1. The molecule has 0 radical (unpaired) electrons. The molecular weight excluding hydrogens is 268 g/mol. The van der Waals surface area contributed by atoms with Crippen LogP contribution >= 0.6 is 0 Å². The van der Waals surface area contributed by atoms with Crippen molar-refractivity contribution in [3.05, 3.63) is 0 Å². The van der Waals surface area contributed by atoms with Gasteiger partial charge in [0.25, 0.3) is 0 Å². The maximum absolute atomic E-state index is 12.6. The molecule has 2 aliphatic heterocycles. The van der Waals surface area contributed by atoms with Gasteiger partial charge in [-0.25, -0.2) is 4.79 Å². The average Bonchev–Trinajstić information content (AvgIpc) is 2.96. The highest BCUT2D eigenvalue weighted by atomic mass is 16.4. The summed E-state index contributed by atoms with van der Waals surface area (Å²) in [5.74, 6) is -0.691. The SMILES string of the molecule is CCCC1(C(=O)O)CCN(C(=O)N2CCCC2CC)CC1. The summed E-state index contributed by atoms with van der Waals surface area (Å²) < 4.78 is 0. The largest absolute Gasteiger partial charge is 0.481 e. The van der Waals surface area contributed by atoms with Crippen molar-refractivity contribution >= 4 is 12.0 Å². The van der Waals surface area contributed by atoms with Crippen molar-refractivity contribution in [2.45, 2.75) is 64.8 Å². The van der Waals surface area contributed by atoms with Gasteiger partial charge < -0.3 is 14.9 Å². The van der Waals surface area contributed by atoms with Crippen LogP contribution in [0.5, 0.6) is 0 Å². The van der Waals surface area contributed by atoms with Gasteiger partial charge in [-0.2, -0.15) is 0 Å². The summed E-state index contributed by atoms with van der Waals surface area (Å²) in [6.07, 6.45) is 5.97. The van der Waals surface area contributed by atoms with Gasteiger partial charge in [0.2, 0.25) is 0 Å². The van der Waals surface area contributed by atoms with E-state index in [4.69, 9.17) is 0 Å². The number of nitrogens with zero attached hydrogens (tertiary/aromatic N) is 2. The van der Waals surface area contributed by atoms with Crippen molar-refractivity contribution in [1.29, 1.82) is 0 Å². The Hall–Kier alpha value is -1.26. The average molecular weight is 296 g/mol. The highest BCUT2D eigenvalue weighted by molar-refractivity contribution is 5.77. The number of hydrogen-bond acceptors (Lipinski definition) is 2. The number of carbonyl (C=O) groups excluding carboxylic acids is 1. The summed E-state index contributed by atoms with van der Waals surface area (Å²) >= 11 is 0. The van der Waals surface area contributed by atoms with Gasteiger partial charge in [0, 0.05) is 25.7 Å². The third-order valence-electron chi connectivity index (χ3n) is 5.27. The predicted octanol–water partition coefficient (Wildman–Crippen LogP) is 2.95. The van der Waals surface area contributed by atoms with E-state index in [0.717, 1.165) is 32.2 Å². The number of carbonyl (C=O) groups is 2. The quantitative estimate of drug-likeness (QED) is 0.867. The molecule has 2 rings (SSSR count). The lowest BCUT2D eigenvalue weighted by Crippen LogP contribution is -2.51. The summed E-state index contributed by atoms with van der Waals surface area (Å²) in [5.41, 5.74) is -0.610. The summed E-state index contributed by atoms with van der Waals surface area (Å²) in [7, 11) is 0. The molecule has 1 unspecified atom stereocenters. The zero-order valence-electron chi connectivity index (χ0n) is 13.3. The fourth-order valence-corrected chi connectivity index (χ4v) is 3.87. The summed E-state index contributed by atoms with van der Waals surface area (Å²) in [6, 6.07) is 0.495. The molecule has 0 aliphatic carbocycles. The number of piperidine rings is 1. The Labute approximate surface area is 127 Å². The van der Waals surface area contributed by atoms with Gasteiger partial charge in [0.1, 0.15) is 0 Å². The summed E-state index contributed by atoms with van der Waals surface area (Å²) in [4.78, 5) is 28.1. The Morgan fingerprint density at radius 3 is 2.38 bits per heavy atom. The van der Waals surface area contributed by atoms with Crippen LogP contribution in [0.15, 0.2) is 0 Å². The molecule has 5 heteroatoms. The van der Waals surface area contributed by atoms with Crippen LogP contribution in [-0.4, -0.2) is 52.6 Å². The van der Waals surface area contributed by atoms with E-state index in [1.54, 1.807) is 0 Å². The fraction of sp³-hybridized carbons (Fsp3) is 0.875. The van der Waals surface area contributed by atoms with Crippen LogP contribution in [0.1, 0.15) is 58.8 Å². The number of hydrogen-bond donors (Lipinski definition) is 1. The molecule has 2 heterocycles. The molecule has 2 fully saturated rings. The smallest absolute Gasteiger partial charge is 0.320 e. The Kier molecular flexibility index (Phi) is 5.12. The van der Waals surface area contributed by atoms with E-state index in [-0.39, 0.29) is 6.03 Å². The first-order valence-corrected chi connectivity index (χ1v) is 8.33. The Morgan fingerprint density at radius 2 is 1.86 bits per heavy atom. The molecule has 2 amide bonds. The van der Waals surface area contributed by atoms with Crippen molar-refractivity contribution < 1.29 is 14.7 Å². The monoisotopic (exact) mass is 296 g/mol. The van der Waals surface area contributed by atoms with E-state index >= 15 is 0 Å². The third-order valence-corrected chi connectivity index (χ3v) is 5.27. The van der Waals surface area contributed by atoms with Gasteiger partial charge in [0.05, 0.1) is 5.41 Å². The first kappa shape index (κ1) is 16.1. The van der Waals surface area contributed by atoms with Crippen LogP contribution in [0.2, 0.25) is 0 Å². The molecule has 21 heavy (non-hydrogen) atoms. The van der Waals surface area contributed by atoms with Crippen molar-refractivity contribution in [2.75, 3.05) is 19.6 Å². The van der Waals surface area contributed by atoms with E-state index < -0.39 is 11.4 Å². The lowest BCUT2D eigenvalue weighted by Gasteiger charge is -2.41. The molecule has 0 aromatic heterocycles. The first-order chi connectivity index (χ1) is 10.0. The Balaban J connectivity index is 1.97. The molecule has 1 atom stereocenters. The van der Waals surface area contributed by atoms with Crippen molar-refractivity contribution in [2.24, 2.45) is 5.41 Å². The summed E-state index contributed by atoms with van der Waals surface area (Å²) in [6.45, 7) is 6.17. The second-order valence-corrected chi connectivity index (χ2v) is 6.50. The molecule has 2 aliphatic rings. The molecule has 0 saturated carbocycles. The van der Waals surface area contributed by atoms with Crippen LogP contribution < -0.4 is 0 Å². The molecule has 0 aromatic carbocycles. The Morgan fingerprint density at radius 1 is 1.19 bits per heavy atom. The molecule has 5 nitrogen and oxygen atoms in total. The van der Waals surface area contributed by atoms with Crippen LogP contribution in [-0.2, 0) is 4.79 Å². The molecule has 0 aromatic rings. The number of likely N-dealkylation sites (tertiary alicyclic amines) is 2. The van der Waals surface area contributed by atoms with E-state index in [1.165, 1.54) is 0 Å². The van der Waals surface area contributed by atoms with Gasteiger partial charge >= 0.3 is 12.0 Å². The van der Waals surface area contributed by atoms with E-state index in [2.05, 4.69) is 6.92 Å². The van der Waals surface area contributed by atoms with Gasteiger partial charge in [-0.15, -0.1) is 0 Å². The predicted molar refractivity (Wildman–Crippen MR) is 81.2 cm³/mol. The van der Waals surface area contributed by atoms with E-state index in [1.807, 2.05) is 16.7 Å². The minimum absolute atomic E-state index is 0.120. The number of amides is 2. The fourth-order valence-electron chi connectivity index (χ4n) is 3.87. The molecule has 0 bridgehead atoms. The minimum atomic E-state index is -0.691. The van der Waals surface area contributed by atoms with Crippen LogP contribution in [0.3, 0.4) is 0 Å². The highest BCUT2D eigenvalue weighted by Gasteiger charge is 2.42. The van der Waals surface area contributed by atoms with Crippen molar-refractivity contribution in [1.82, 2.24) is 9.80 Å². The number of carboxylic acid groups (broad SMARTS) is 1. The maximum atomic E-state index is 12.6. The number of rotatable bonds is 4. The van der Waals surface area contributed by atoms with E-state index in [9.17, 15) is 14.7 Å². The lowest BCUT2D eigenvalue weighted by atomic mass is 9.75. The zero-order chi connectivity index (χ0) is 15.5. The second-order valence-electron chi connectivity index (χ2n) is 6.50. The summed E-state index contributed by atoms with van der Waals surface area (Å²) in [5, 5.41) is 9.52. The topological polar surface area (TPSA) is 60.9 Å². The van der Waals surface area contributed by atoms with Gasteiger partial charge in [-0.3, -0.25) is 4.79 Å². The molecule has 0 spiro atoms. The highest BCUT2D eigenvalue weighted by Crippen LogP contribution is 2.37. The van der Waals surface area contributed by atoms with Gasteiger partial charge in [-0.1, -0.05) is 20.3 Å². The van der Waals surface area contributed by atoms with Gasteiger partial charge in [0.15, 0.2) is 0 Å². The first-order valence-electron chi connectivity index (χ1n) is 8.33. The van der Waals surface area contributed by atoms with Gasteiger partial charge in [-0.05, 0) is 38.5 Å². The number of urea groups is 1. The molecule has 2 saturated heterocycles. The number of carboxylic acids is 1. The van der Waals surface area contributed by atoms with E-state index in [0.29, 0.717) is 38.4 Å². The zero-order valence-corrected chi connectivity index (χ0v) is 13.3. The molecule has 120 valence electrons. The molecule has 1 N–H and O–H groups in total. The normalized spacial score (nSPS) is 25.1. The minimum Gasteiger partial charge on any atom is -0.481 e. The van der Waals surface area contributed by atoms with Crippen LogP contribution in [0.4, 0.5) is 4.79 Å². The third kappa shape index (κ3) is 3.16. The van der Waals surface area contributed by atoms with Crippen LogP contribution in [0, 0.1) is 5.41 Å². The Bertz CT molecular complexity index is 389.